The Hall–Kier alpha value is -1.00. The van der Waals surface area contributed by atoms with Crippen molar-refractivity contribution in [2.45, 2.75) is 19.8 Å². The number of nitrogens with two attached hydrogens (primary N) is 1. The van der Waals surface area contributed by atoms with E-state index < -0.39 is 0 Å². The van der Waals surface area contributed by atoms with E-state index in [0.717, 1.165) is 17.7 Å². The number of hydrogen-bond donors (Lipinski definition) is 1. The number of rotatable bonds is 6. The van der Waals surface area contributed by atoms with Crippen molar-refractivity contribution in [3.8, 4) is 11.5 Å². The Morgan fingerprint density at radius 1 is 1.33 bits per heavy atom. The Balaban J connectivity index is 2.94. The van der Waals surface area contributed by atoms with Crippen LogP contribution in [0.25, 0.3) is 0 Å². The number of methoxy groups -OCH3 is 2. The average Bonchev–Trinajstić information content (AvgIpc) is 2.28. The molecule has 1 aromatic carbocycles. The first kappa shape index (κ1) is 15.1. The molecule has 0 amide bonds. The van der Waals surface area contributed by atoms with Gasteiger partial charge in [-0.2, -0.15) is 0 Å². The Morgan fingerprint density at radius 3 is 2.44 bits per heavy atom. The highest BCUT2D eigenvalue weighted by Gasteiger charge is 2.13. The number of benzene rings is 1. The number of thiocarbonyl (C=S) groups is 1. The van der Waals surface area contributed by atoms with Gasteiger partial charge >= 0.3 is 0 Å². The van der Waals surface area contributed by atoms with Gasteiger partial charge in [-0.15, -0.1) is 0 Å². The molecule has 0 fully saturated rings. The highest BCUT2D eigenvalue weighted by atomic mass is 35.5. The van der Waals surface area contributed by atoms with Crippen LogP contribution in [0, 0.1) is 5.92 Å². The molecule has 18 heavy (non-hydrogen) atoms. The van der Waals surface area contributed by atoms with Crippen molar-refractivity contribution in [3.63, 3.8) is 0 Å². The maximum absolute atomic E-state index is 6.12. The van der Waals surface area contributed by atoms with E-state index in [1.807, 2.05) is 6.07 Å². The number of halogens is 1. The lowest BCUT2D eigenvalue weighted by Gasteiger charge is -2.15. The molecule has 1 atom stereocenters. The number of hydrogen-bond acceptors (Lipinski definition) is 3. The fourth-order valence-electron chi connectivity index (χ4n) is 1.87. The minimum Gasteiger partial charge on any atom is -0.496 e. The molecule has 0 aromatic heterocycles. The van der Waals surface area contributed by atoms with Crippen molar-refractivity contribution in [2.75, 3.05) is 14.2 Å². The molecule has 0 aliphatic heterocycles. The zero-order valence-corrected chi connectivity index (χ0v) is 12.4. The maximum Gasteiger partial charge on any atom is 0.141 e. The first-order chi connectivity index (χ1) is 8.47. The van der Waals surface area contributed by atoms with Crippen molar-refractivity contribution in [2.24, 2.45) is 11.7 Å². The van der Waals surface area contributed by atoms with Crippen LogP contribution in [0.1, 0.15) is 18.9 Å². The summed E-state index contributed by atoms with van der Waals surface area (Å²) in [6.07, 6.45) is 1.52. The number of ether oxygens (including phenoxy) is 2. The van der Waals surface area contributed by atoms with Crippen LogP contribution in [0.4, 0.5) is 0 Å². The molecule has 1 unspecified atom stereocenters. The van der Waals surface area contributed by atoms with Gasteiger partial charge in [-0.05, 0) is 24.0 Å². The Morgan fingerprint density at radius 2 is 1.94 bits per heavy atom. The molecule has 1 aromatic rings. The summed E-state index contributed by atoms with van der Waals surface area (Å²) in [5.74, 6) is 1.73. The first-order valence-corrected chi connectivity index (χ1v) is 6.45. The largest absolute Gasteiger partial charge is 0.496 e. The molecule has 0 spiro atoms. The molecule has 0 saturated carbocycles. The minimum atomic E-state index is 0.348. The van der Waals surface area contributed by atoms with Crippen LogP contribution >= 0.6 is 23.8 Å². The van der Waals surface area contributed by atoms with E-state index in [2.05, 4.69) is 6.92 Å². The molecule has 0 saturated heterocycles. The quantitative estimate of drug-likeness (QED) is 0.816. The summed E-state index contributed by atoms with van der Waals surface area (Å²) in [7, 11) is 3.21. The van der Waals surface area contributed by atoms with Crippen LogP contribution in [-0.2, 0) is 6.42 Å². The van der Waals surface area contributed by atoms with Gasteiger partial charge < -0.3 is 15.2 Å². The van der Waals surface area contributed by atoms with Crippen molar-refractivity contribution in [3.05, 3.63) is 22.7 Å². The molecule has 1 rings (SSSR count). The lowest BCUT2D eigenvalue weighted by molar-refractivity contribution is 0.389. The first-order valence-electron chi connectivity index (χ1n) is 5.66. The fraction of sp³-hybridized carbons (Fsp3) is 0.462. The standard InChI is InChI=1S/C13H18ClNO2S/c1-8(5-13(15)18)4-9-6-10(14)12(17-3)7-11(9)16-2/h6-8H,4-5H2,1-3H3,(H2,15,18). The van der Waals surface area contributed by atoms with Crippen LogP contribution in [0.15, 0.2) is 12.1 Å². The molecule has 0 bridgehead atoms. The van der Waals surface area contributed by atoms with Gasteiger partial charge in [-0.25, -0.2) is 0 Å². The maximum atomic E-state index is 6.12. The van der Waals surface area contributed by atoms with E-state index in [9.17, 15) is 0 Å². The zero-order valence-electron chi connectivity index (χ0n) is 10.8. The molecular weight excluding hydrogens is 270 g/mol. The van der Waals surface area contributed by atoms with Crippen LogP contribution < -0.4 is 15.2 Å². The molecule has 0 heterocycles. The van der Waals surface area contributed by atoms with Gasteiger partial charge in [-0.3, -0.25) is 0 Å². The Kier molecular flexibility index (Phi) is 5.69. The van der Waals surface area contributed by atoms with Gasteiger partial charge in [0.25, 0.3) is 0 Å². The van der Waals surface area contributed by atoms with Gasteiger partial charge in [0.2, 0.25) is 0 Å². The SMILES string of the molecule is COc1cc(OC)c(CC(C)CC(N)=S)cc1Cl. The summed E-state index contributed by atoms with van der Waals surface area (Å²) in [6.45, 7) is 2.09. The van der Waals surface area contributed by atoms with E-state index in [-0.39, 0.29) is 0 Å². The van der Waals surface area contributed by atoms with Crippen molar-refractivity contribution in [1.82, 2.24) is 0 Å². The molecule has 3 nitrogen and oxygen atoms in total. The Labute approximate surface area is 118 Å². The van der Waals surface area contributed by atoms with Crippen molar-refractivity contribution in [1.29, 1.82) is 0 Å². The normalized spacial score (nSPS) is 12.0. The highest BCUT2D eigenvalue weighted by molar-refractivity contribution is 7.80. The van der Waals surface area contributed by atoms with Gasteiger partial charge in [0.1, 0.15) is 11.5 Å². The third-order valence-electron chi connectivity index (χ3n) is 2.67. The smallest absolute Gasteiger partial charge is 0.141 e. The van der Waals surface area contributed by atoms with Crippen LogP contribution in [0.2, 0.25) is 5.02 Å². The molecule has 5 heteroatoms. The molecule has 100 valence electrons. The molecule has 0 radical (unpaired) electrons. The van der Waals surface area contributed by atoms with E-state index in [1.165, 1.54) is 0 Å². The van der Waals surface area contributed by atoms with Gasteiger partial charge in [0.05, 0.1) is 24.2 Å². The van der Waals surface area contributed by atoms with E-state index in [1.54, 1.807) is 20.3 Å². The zero-order chi connectivity index (χ0) is 13.7. The summed E-state index contributed by atoms with van der Waals surface area (Å²) in [5.41, 5.74) is 6.58. The van der Waals surface area contributed by atoms with E-state index >= 15 is 0 Å². The highest BCUT2D eigenvalue weighted by Crippen LogP contribution is 2.34. The third kappa shape index (κ3) is 4.03. The molecule has 0 aliphatic carbocycles. The lowest BCUT2D eigenvalue weighted by Crippen LogP contribution is -2.14. The second kappa shape index (κ2) is 6.81. The lowest BCUT2D eigenvalue weighted by atomic mass is 9.97. The van der Waals surface area contributed by atoms with Gasteiger partial charge in [-0.1, -0.05) is 30.7 Å². The summed E-state index contributed by atoms with van der Waals surface area (Å²) in [4.78, 5) is 0.529. The van der Waals surface area contributed by atoms with Crippen LogP contribution in [-0.4, -0.2) is 19.2 Å². The van der Waals surface area contributed by atoms with E-state index in [0.29, 0.717) is 28.1 Å². The molecule has 2 N–H and O–H groups in total. The summed E-state index contributed by atoms with van der Waals surface area (Å²) < 4.78 is 10.5. The van der Waals surface area contributed by atoms with Gasteiger partial charge in [0, 0.05) is 12.5 Å². The third-order valence-corrected chi connectivity index (χ3v) is 3.13. The topological polar surface area (TPSA) is 44.5 Å². The summed E-state index contributed by atoms with van der Waals surface area (Å²) in [5, 5.41) is 0.579. The van der Waals surface area contributed by atoms with E-state index in [4.69, 9.17) is 39.0 Å². The van der Waals surface area contributed by atoms with Gasteiger partial charge in [0.15, 0.2) is 0 Å². The fourth-order valence-corrected chi connectivity index (χ4v) is 2.42. The predicted octanol–water partition coefficient (Wildman–Crippen LogP) is 3.21. The molecule has 0 aliphatic rings. The van der Waals surface area contributed by atoms with Crippen molar-refractivity contribution < 1.29 is 9.47 Å². The minimum absolute atomic E-state index is 0.348. The monoisotopic (exact) mass is 287 g/mol. The predicted molar refractivity (Wildman–Crippen MR) is 78.8 cm³/mol. The Bertz CT molecular complexity index is 437. The van der Waals surface area contributed by atoms with Crippen LogP contribution in [0.3, 0.4) is 0 Å². The second-order valence-electron chi connectivity index (χ2n) is 4.28. The molecular formula is C13H18ClNO2S. The van der Waals surface area contributed by atoms with Crippen LogP contribution in [0.5, 0.6) is 11.5 Å². The second-order valence-corrected chi connectivity index (χ2v) is 5.21. The average molecular weight is 288 g/mol. The summed E-state index contributed by atoms with van der Waals surface area (Å²) >= 11 is 11.0. The van der Waals surface area contributed by atoms with Crippen molar-refractivity contribution >= 4 is 28.8 Å². The summed E-state index contributed by atoms with van der Waals surface area (Å²) in [6, 6.07) is 3.67.